The maximum absolute atomic E-state index is 12.9. The Morgan fingerprint density at radius 2 is 1.64 bits per heavy atom. The lowest BCUT2D eigenvalue weighted by molar-refractivity contribution is -0.393. The van der Waals surface area contributed by atoms with Crippen LogP contribution in [0.4, 0.5) is 30.2 Å². The molecule has 0 fully saturated rings. The Bertz CT molecular complexity index is 696. The molecule has 0 aliphatic carbocycles. The van der Waals surface area contributed by atoms with Gasteiger partial charge in [0.2, 0.25) is 0 Å². The van der Waals surface area contributed by atoms with Crippen LogP contribution in [0.5, 0.6) is 0 Å². The van der Waals surface area contributed by atoms with E-state index in [0.29, 0.717) is 0 Å². The molecule has 2 unspecified atom stereocenters. The molecule has 25 heavy (non-hydrogen) atoms. The lowest BCUT2D eigenvalue weighted by atomic mass is 10.1. The Balaban J connectivity index is 3.91. The van der Waals surface area contributed by atoms with E-state index in [4.69, 9.17) is 10.00 Å². The van der Waals surface area contributed by atoms with Crippen molar-refractivity contribution in [3.05, 3.63) is 37.9 Å². The average Bonchev–Trinajstić information content (AvgIpc) is 2.52. The van der Waals surface area contributed by atoms with Gasteiger partial charge in [-0.25, -0.2) is 0 Å². The van der Waals surface area contributed by atoms with E-state index in [1.807, 2.05) is 0 Å². The van der Waals surface area contributed by atoms with Crippen LogP contribution in [0.2, 0.25) is 0 Å². The third-order valence-corrected chi connectivity index (χ3v) is 3.39. The van der Waals surface area contributed by atoms with Gasteiger partial charge in [0.15, 0.2) is 5.69 Å². The minimum atomic E-state index is -5.02. The van der Waals surface area contributed by atoms with Crippen LogP contribution >= 0.6 is 0 Å². The number of hydrogen-bond acceptors (Lipinski definition) is 7. The molecule has 0 amide bonds. The number of halogens is 3. The maximum Gasteiger partial charge on any atom is 0.416 e. The van der Waals surface area contributed by atoms with Crippen molar-refractivity contribution in [2.75, 3.05) is 12.0 Å². The minimum absolute atomic E-state index is 0.196. The molecule has 9 nitrogen and oxygen atoms in total. The van der Waals surface area contributed by atoms with Gasteiger partial charge in [0, 0.05) is 19.2 Å². The first-order chi connectivity index (χ1) is 11.4. The van der Waals surface area contributed by atoms with Crippen molar-refractivity contribution < 1.29 is 27.8 Å². The molecule has 0 N–H and O–H groups in total. The van der Waals surface area contributed by atoms with E-state index in [0.717, 1.165) is 4.90 Å². The van der Waals surface area contributed by atoms with Gasteiger partial charge in [0.25, 0.3) is 11.4 Å². The van der Waals surface area contributed by atoms with Crippen molar-refractivity contribution in [2.45, 2.75) is 32.3 Å². The molecule has 0 saturated carbocycles. The Hall–Kier alpha value is -2.94. The Morgan fingerprint density at radius 3 is 1.92 bits per heavy atom. The fourth-order valence-electron chi connectivity index (χ4n) is 2.18. The second-order valence-corrected chi connectivity index (χ2v) is 4.92. The lowest BCUT2D eigenvalue weighted by Crippen LogP contribution is -2.41. The predicted molar refractivity (Wildman–Crippen MR) is 78.8 cm³/mol. The molecule has 0 spiro atoms. The fourth-order valence-corrected chi connectivity index (χ4v) is 2.18. The van der Waals surface area contributed by atoms with Crippen LogP contribution in [0.25, 0.3) is 0 Å². The van der Waals surface area contributed by atoms with Gasteiger partial charge in [0.1, 0.15) is 12.3 Å². The number of ether oxygens (including phenoxy) is 1. The molecule has 1 aromatic carbocycles. The molecule has 0 heterocycles. The minimum Gasteiger partial charge on any atom is -0.362 e. The summed E-state index contributed by atoms with van der Waals surface area (Å²) < 4.78 is 43.7. The first-order valence-corrected chi connectivity index (χ1v) is 6.70. The van der Waals surface area contributed by atoms with Crippen molar-refractivity contribution >= 4 is 17.1 Å². The number of nitro benzene ring substituents is 2. The van der Waals surface area contributed by atoms with Crippen molar-refractivity contribution in [1.29, 1.82) is 5.26 Å². The SMILES string of the molecule is COC(C)N(c1c([N+](=O)[O-])cc(C(F)(F)F)cc1[N+](=O)[O-])C(C)C#N. The van der Waals surface area contributed by atoms with Gasteiger partial charge in [-0.2, -0.15) is 18.4 Å². The molecule has 1 rings (SSSR count). The van der Waals surface area contributed by atoms with Crippen LogP contribution in [0.1, 0.15) is 19.4 Å². The van der Waals surface area contributed by atoms with E-state index in [9.17, 15) is 33.4 Å². The van der Waals surface area contributed by atoms with Gasteiger partial charge in [-0.1, -0.05) is 0 Å². The summed E-state index contributed by atoms with van der Waals surface area (Å²) in [5.41, 5.74) is -4.56. The van der Waals surface area contributed by atoms with Crippen LogP contribution in [0, 0.1) is 31.6 Å². The summed E-state index contributed by atoms with van der Waals surface area (Å²) in [5.74, 6) is 0. The monoisotopic (exact) mass is 362 g/mol. The molecular weight excluding hydrogens is 349 g/mol. The first kappa shape index (κ1) is 20.1. The summed E-state index contributed by atoms with van der Waals surface area (Å²) in [6.45, 7) is 2.62. The topological polar surface area (TPSA) is 123 Å². The molecule has 0 saturated heterocycles. The van der Waals surface area contributed by atoms with E-state index in [1.54, 1.807) is 6.07 Å². The average molecular weight is 362 g/mol. The summed E-state index contributed by atoms with van der Waals surface area (Å²) in [7, 11) is 1.18. The third kappa shape index (κ3) is 4.13. The van der Waals surface area contributed by atoms with Crippen molar-refractivity contribution in [2.24, 2.45) is 0 Å². The summed E-state index contributed by atoms with van der Waals surface area (Å²) in [4.78, 5) is 21.1. The molecular formula is C13H13F3N4O5. The number of nitriles is 1. The highest BCUT2D eigenvalue weighted by Gasteiger charge is 2.41. The zero-order chi connectivity index (χ0) is 19.5. The van der Waals surface area contributed by atoms with Crippen LogP contribution in [0.15, 0.2) is 12.1 Å². The Morgan fingerprint density at radius 1 is 1.20 bits per heavy atom. The number of nitro groups is 2. The first-order valence-electron chi connectivity index (χ1n) is 6.70. The number of anilines is 1. The van der Waals surface area contributed by atoms with Crippen LogP contribution in [-0.2, 0) is 10.9 Å². The van der Waals surface area contributed by atoms with Gasteiger partial charge >= 0.3 is 6.18 Å². The second kappa shape index (κ2) is 7.31. The summed E-state index contributed by atoms with van der Waals surface area (Å²) in [6.07, 6.45) is -6.07. The lowest BCUT2D eigenvalue weighted by Gasteiger charge is -2.31. The zero-order valence-corrected chi connectivity index (χ0v) is 13.3. The highest BCUT2D eigenvalue weighted by molar-refractivity contribution is 5.77. The predicted octanol–water partition coefficient (Wildman–Crippen LogP) is 3.23. The summed E-state index contributed by atoms with van der Waals surface area (Å²) in [5, 5.41) is 31.6. The largest absolute Gasteiger partial charge is 0.416 e. The smallest absolute Gasteiger partial charge is 0.362 e. The van der Waals surface area contributed by atoms with Crippen molar-refractivity contribution in [3.8, 4) is 6.07 Å². The summed E-state index contributed by atoms with van der Waals surface area (Å²) >= 11 is 0. The fraction of sp³-hybridized carbons (Fsp3) is 0.462. The van der Waals surface area contributed by atoms with Gasteiger partial charge in [-0.3, -0.25) is 20.2 Å². The molecule has 12 heteroatoms. The number of nitrogens with zero attached hydrogens (tertiary/aromatic N) is 4. The number of rotatable bonds is 6. The van der Waals surface area contributed by atoms with E-state index < -0.39 is 50.9 Å². The van der Waals surface area contributed by atoms with Crippen molar-refractivity contribution in [3.63, 3.8) is 0 Å². The van der Waals surface area contributed by atoms with E-state index in [1.165, 1.54) is 21.0 Å². The molecule has 0 aliphatic rings. The molecule has 136 valence electrons. The molecule has 1 aromatic rings. The third-order valence-electron chi connectivity index (χ3n) is 3.39. The second-order valence-electron chi connectivity index (χ2n) is 4.92. The number of hydrogen-bond donors (Lipinski definition) is 0. The van der Waals surface area contributed by atoms with E-state index in [-0.39, 0.29) is 12.1 Å². The van der Waals surface area contributed by atoms with Crippen LogP contribution in [0.3, 0.4) is 0 Å². The quantitative estimate of drug-likeness (QED) is 0.432. The van der Waals surface area contributed by atoms with E-state index >= 15 is 0 Å². The molecule has 2 atom stereocenters. The normalized spacial score (nSPS) is 13.6. The highest BCUT2D eigenvalue weighted by Crippen LogP contribution is 2.44. The van der Waals surface area contributed by atoms with Gasteiger partial charge in [-0.05, 0) is 13.8 Å². The van der Waals surface area contributed by atoms with E-state index in [2.05, 4.69) is 0 Å². The van der Waals surface area contributed by atoms with Gasteiger partial charge in [-0.15, -0.1) is 0 Å². The number of benzene rings is 1. The van der Waals surface area contributed by atoms with Crippen molar-refractivity contribution in [1.82, 2.24) is 0 Å². The van der Waals surface area contributed by atoms with Gasteiger partial charge in [0.05, 0.1) is 21.5 Å². The van der Waals surface area contributed by atoms with Gasteiger partial charge < -0.3 is 9.64 Å². The number of methoxy groups -OCH3 is 1. The molecule has 0 aromatic heterocycles. The highest BCUT2D eigenvalue weighted by atomic mass is 19.4. The van der Waals surface area contributed by atoms with Crippen LogP contribution < -0.4 is 4.90 Å². The standard InChI is InChI=1S/C13H13F3N4O5/c1-7(6-17)18(8(2)25-3)12-10(19(21)22)4-9(13(14,15)16)5-11(12)20(23)24/h4-5,7-8H,1-3H3. The maximum atomic E-state index is 12.9. The summed E-state index contributed by atoms with van der Waals surface area (Å²) in [6, 6.07) is 0.978. The zero-order valence-electron chi connectivity index (χ0n) is 13.3. The Kier molecular flexibility index (Phi) is 5.87. The number of alkyl halides is 3. The molecule has 0 aliphatic heterocycles. The molecule has 0 radical (unpaired) electrons. The van der Waals surface area contributed by atoms with Crippen LogP contribution in [-0.4, -0.2) is 29.2 Å². The molecule has 0 bridgehead atoms. The Labute approximate surface area is 139 Å².